The fraction of sp³-hybridized carbons (Fsp3) is 0.417. The van der Waals surface area contributed by atoms with Crippen molar-refractivity contribution in [1.82, 2.24) is 0 Å². The van der Waals surface area contributed by atoms with Crippen LogP contribution >= 0.6 is 0 Å². The van der Waals surface area contributed by atoms with E-state index in [0.717, 1.165) is 38.5 Å². The van der Waals surface area contributed by atoms with Gasteiger partial charge in [-0.05, 0) is 183 Å². The molecule has 5 heteroatoms. The second-order valence-electron chi connectivity index (χ2n) is 28.6. The minimum Gasteiger partial charge on any atom is -0.377 e. The van der Waals surface area contributed by atoms with Crippen molar-refractivity contribution < 1.29 is 0 Å². The van der Waals surface area contributed by atoms with Gasteiger partial charge in [0.2, 0.25) is 0 Å². The van der Waals surface area contributed by atoms with Gasteiger partial charge in [-0.1, -0.05) is 210 Å². The van der Waals surface area contributed by atoms with Gasteiger partial charge in [-0.2, -0.15) is 0 Å². The van der Waals surface area contributed by atoms with Crippen molar-refractivity contribution in [2.45, 2.75) is 196 Å². The Hall–Kier alpha value is -5.67. The maximum absolute atomic E-state index is 2.94. The summed E-state index contributed by atoms with van der Waals surface area (Å²) < 4.78 is 0. The third-order valence-electron chi connectivity index (χ3n) is 22.5. The van der Waals surface area contributed by atoms with E-state index in [1.807, 2.05) is 0 Å². The predicted octanol–water partition coefficient (Wildman–Crippen LogP) is 14.8. The van der Waals surface area contributed by atoms with Crippen LogP contribution in [0.15, 0.2) is 103 Å². The Morgan fingerprint density at radius 3 is 0.792 bits per heavy atom. The quantitative estimate of drug-likeness (QED) is 0.113. The zero-order valence-corrected chi connectivity index (χ0v) is 50.2. The van der Waals surface area contributed by atoms with E-state index in [2.05, 4.69) is 237 Å². The largest absolute Gasteiger partial charge is 0.377 e. The van der Waals surface area contributed by atoms with Gasteiger partial charge < -0.3 is 9.62 Å². The van der Waals surface area contributed by atoms with Crippen LogP contribution < -0.4 is 47.9 Å². The first-order valence-corrected chi connectivity index (χ1v) is 30.1. The zero-order chi connectivity index (χ0) is 54.6. The molecule has 0 saturated heterocycles. The molecule has 7 aromatic carbocycles. The highest BCUT2D eigenvalue weighted by molar-refractivity contribution is 7.06. The van der Waals surface area contributed by atoms with E-state index in [4.69, 9.17) is 0 Å². The van der Waals surface area contributed by atoms with E-state index in [0.29, 0.717) is 0 Å². The molecular weight excluding hydrogens is 925 g/mol. The summed E-state index contributed by atoms with van der Waals surface area (Å²) in [7, 11) is 0. The summed E-state index contributed by atoms with van der Waals surface area (Å²) in [6.07, 6.45) is 6.43. The molecule has 0 aliphatic carbocycles. The molecule has 0 unspecified atom stereocenters. The Morgan fingerprint density at radius 2 is 0.519 bits per heavy atom. The number of nitrogens with zero attached hydrogens (tertiary/aromatic N) is 2. The smallest absolute Gasteiger partial charge is 0.329 e. The molecule has 6 aliphatic rings. The standard InChI is InChI=1S/C72H83B3N2/c1-19-67(7,8)42-25-29-48-52-33-46(71(15,16)23-5)39-60-63(52)76-65-54(50-31-27-44(69(11,12)21-3)37-58(50)74(76)56(48)35-42)41-55-51-32-28-45(70(13,14)22-4)38-59(51)75-57-36-43(68(9,10)20-2)26-30-49(57)53-34-47(72(17,18)24-6)40-61-64(53)77(75)66(55)62(65)73(60)61/h25-41H,19-24H2,1-18H3. The molecule has 77 heavy (non-hydrogen) atoms. The molecule has 0 N–H and O–H groups in total. The van der Waals surface area contributed by atoms with E-state index < -0.39 is 0 Å². The second-order valence-corrected chi connectivity index (χ2v) is 28.6. The zero-order valence-electron chi connectivity index (χ0n) is 50.2. The molecule has 0 radical (unpaired) electrons. The van der Waals surface area contributed by atoms with Gasteiger partial charge in [-0.25, -0.2) is 0 Å². The molecule has 390 valence electrons. The second kappa shape index (κ2) is 16.5. The lowest BCUT2D eigenvalue weighted by Gasteiger charge is -2.55. The molecule has 0 aromatic heterocycles. The van der Waals surface area contributed by atoms with Crippen LogP contribution in [0.3, 0.4) is 0 Å². The summed E-state index contributed by atoms with van der Waals surface area (Å²) in [6, 6.07) is 44.2. The number of hydrogen-bond acceptors (Lipinski definition) is 2. The van der Waals surface area contributed by atoms with Gasteiger partial charge in [-0.3, -0.25) is 0 Å². The van der Waals surface area contributed by atoms with E-state index in [1.54, 1.807) is 0 Å². The lowest BCUT2D eigenvalue weighted by Crippen LogP contribution is -2.72. The fourth-order valence-electron chi connectivity index (χ4n) is 14.5. The Morgan fingerprint density at radius 1 is 0.273 bits per heavy atom. The van der Waals surface area contributed by atoms with Crippen molar-refractivity contribution in [3.8, 4) is 44.5 Å². The fourth-order valence-corrected chi connectivity index (χ4v) is 14.5. The molecule has 0 atom stereocenters. The number of rotatable bonds is 12. The van der Waals surface area contributed by atoms with E-state index in [-0.39, 0.29) is 52.9 Å². The summed E-state index contributed by atoms with van der Waals surface area (Å²) in [6.45, 7) is 43.8. The maximum Gasteiger partial charge on any atom is 0.329 e. The van der Waals surface area contributed by atoms with Crippen molar-refractivity contribution in [1.29, 1.82) is 0 Å². The first kappa shape index (κ1) is 50.8. The molecular formula is C72H83B3N2. The normalized spacial score (nSPS) is 15.3. The molecule has 6 heterocycles. The number of anilines is 4. The number of hydrogen-bond donors (Lipinski definition) is 0. The van der Waals surface area contributed by atoms with Gasteiger partial charge in [0.25, 0.3) is 6.71 Å². The summed E-state index contributed by atoms with van der Waals surface area (Å²) >= 11 is 0. The molecule has 0 saturated carbocycles. The monoisotopic (exact) mass is 1010 g/mol. The average molecular weight is 1010 g/mol. The molecule has 0 spiro atoms. The van der Waals surface area contributed by atoms with Gasteiger partial charge in [0, 0.05) is 45.0 Å². The summed E-state index contributed by atoms with van der Waals surface area (Å²) in [5.41, 5.74) is 35.8. The van der Waals surface area contributed by atoms with Gasteiger partial charge >= 0.3 is 13.7 Å². The van der Waals surface area contributed by atoms with Crippen LogP contribution in [0.1, 0.15) is 197 Å². The van der Waals surface area contributed by atoms with Crippen LogP contribution in [0.25, 0.3) is 44.5 Å². The van der Waals surface area contributed by atoms with E-state index in [9.17, 15) is 0 Å². The SMILES string of the molecule is CCC(C)(C)c1ccc2c(c1)B1c3cc(C(C)(C)CC)ccc3-c3cc4c5c6c3N1c1c(cc(C(C)(C)CC)cc1-2)B6c1cc(C(C)(C)CC)cc2c1N5B(c1cc(C(C)(C)CC)ccc1-2)c1cc(C(C)(C)CC)ccc1-4. The predicted molar refractivity (Wildman–Crippen MR) is 340 cm³/mol. The van der Waals surface area contributed by atoms with Crippen LogP contribution in [0.2, 0.25) is 0 Å². The Bertz CT molecular complexity index is 3480. The maximum atomic E-state index is 2.94. The molecule has 0 bridgehead atoms. The van der Waals surface area contributed by atoms with Gasteiger partial charge in [0.15, 0.2) is 0 Å². The number of fused-ring (bicyclic) bond motifs is 14. The Balaban J connectivity index is 1.26. The first-order valence-electron chi connectivity index (χ1n) is 30.1. The lowest BCUT2D eigenvalue weighted by atomic mass is 9.28. The average Bonchev–Trinajstić information content (AvgIpc) is 3.46. The molecule has 0 fully saturated rings. The highest BCUT2D eigenvalue weighted by atomic mass is 15.1. The first-order chi connectivity index (χ1) is 36.4. The van der Waals surface area contributed by atoms with Crippen LogP contribution in [0.4, 0.5) is 22.7 Å². The topological polar surface area (TPSA) is 6.48 Å². The summed E-state index contributed by atoms with van der Waals surface area (Å²) in [4.78, 5) is 5.88. The molecule has 6 aliphatic heterocycles. The van der Waals surface area contributed by atoms with Crippen molar-refractivity contribution in [3.05, 3.63) is 137 Å². The Kier molecular flexibility index (Phi) is 10.9. The van der Waals surface area contributed by atoms with Gasteiger partial charge in [0.05, 0.1) is 0 Å². The summed E-state index contributed by atoms with van der Waals surface area (Å²) in [5, 5.41) is 0. The van der Waals surface area contributed by atoms with Crippen LogP contribution in [-0.2, 0) is 32.5 Å². The minimum atomic E-state index is -0.0352. The summed E-state index contributed by atoms with van der Waals surface area (Å²) in [5.74, 6) is 0. The lowest BCUT2D eigenvalue weighted by molar-refractivity contribution is 0.506. The van der Waals surface area contributed by atoms with Crippen molar-refractivity contribution >= 4 is 81.4 Å². The third kappa shape index (κ3) is 6.77. The van der Waals surface area contributed by atoms with Crippen molar-refractivity contribution in [2.75, 3.05) is 9.62 Å². The van der Waals surface area contributed by atoms with Crippen LogP contribution in [0.5, 0.6) is 0 Å². The minimum absolute atomic E-state index is 0.00740. The molecule has 2 nitrogen and oxygen atoms in total. The Labute approximate surface area is 465 Å². The van der Waals surface area contributed by atoms with E-state index >= 15 is 0 Å². The third-order valence-corrected chi connectivity index (χ3v) is 22.5. The van der Waals surface area contributed by atoms with Crippen LogP contribution in [-0.4, -0.2) is 20.4 Å². The van der Waals surface area contributed by atoms with E-state index in [1.165, 1.54) is 139 Å². The van der Waals surface area contributed by atoms with Crippen LogP contribution in [0, 0.1) is 0 Å². The molecule has 13 rings (SSSR count). The number of benzene rings is 7. The van der Waals surface area contributed by atoms with Crippen molar-refractivity contribution in [3.63, 3.8) is 0 Å². The van der Waals surface area contributed by atoms with Crippen molar-refractivity contribution in [2.24, 2.45) is 0 Å². The van der Waals surface area contributed by atoms with Gasteiger partial charge in [0.1, 0.15) is 0 Å². The molecule has 7 aromatic rings. The highest BCUT2D eigenvalue weighted by Gasteiger charge is 2.57. The molecule has 0 amide bonds. The van der Waals surface area contributed by atoms with Gasteiger partial charge in [-0.15, -0.1) is 0 Å². The highest BCUT2D eigenvalue weighted by Crippen LogP contribution is 2.57.